The zero-order valence-electron chi connectivity index (χ0n) is 27.1. The molecule has 2 N–H and O–H groups in total. The maximum Gasteiger partial charge on any atom is 0.320 e. The van der Waals surface area contributed by atoms with E-state index in [4.69, 9.17) is 14.2 Å². The number of carbonyl (C=O) groups excluding carboxylic acids is 3. The molecule has 0 bridgehead atoms. The van der Waals surface area contributed by atoms with E-state index in [1.165, 1.54) is 7.11 Å². The molecule has 1 aliphatic heterocycles. The molecule has 0 radical (unpaired) electrons. The molecule has 1 aromatic heterocycles. The molecule has 1 aromatic carbocycles. The third kappa shape index (κ3) is 7.16. The van der Waals surface area contributed by atoms with Crippen LogP contribution in [0.15, 0.2) is 30.3 Å². The minimum Gasteiger partial charge on any atom is -0.497 e. The number of methoxy groups -OCH3 is 2. The number of fused-ring (bicyclic) bond motifs is 2. The summed E-state index contributed by atoms with van der Waals surface area (Å²) in [4.78, 5) is 51.9. The van der Waals surface area contributed by atoms with Crippen LogP contribution in [0.25, 0.3) is 11.3 Å². The molecule has 5 atom stereocenters. The number of nitrogens with zero attached hydrogens (tertiary/aromatic N) is 3. The molecule has 3 amide bonds. The molecule has 3 aliphatic carbocycles. The van der Waals surface area contributed by atoms with E-state index in [1.54, 1.807) is 25.1 Å². The second kappa shape index (κ2) is 13.3. The number of hydrogen-bond acceptors (Lipinski definition) is 10. The van der Waals surface area contributed by atoms with Crippen molar-refractivity contribution in [3.05, 3.63) is 30.3 Å². The van der Waals surface area contributed by atoms with Gasteiger partial charge in [-0.1, -0.05) is 19.3 Å². The molecule has 47 heavy (non-hydrogen) atoms. The van der Waals surface area contributed by atoms with Crippen molar-refractivity contribution in [1.29, 1.82) is 0 Å². The summed E-state index contributed by atoms with van der Waals surface area (Å²) in [5.74, 6) is -1.99. The minimum absolute atomic E-state index is 0.104. The highest BCUT2D eigenvalue weighted by Crippen LogP contribution is 2.49. The first-order valence-corrected chi connectivity index (χ1v) is 17.9. The molecule has 2 aromatic rings. The lowest BCUT2D eigenvalue weighted by molar-refractivity contribution is -0.140. The van der Waals surface area contributed by atoms with Crippen molar-refractivity contribution in [2.45, 2.75) is 81.1 Å². The van der Waals surface area contributed by atoms with Gasteiger partial charge in [0.1, 0.15) is 17.4 Å². The second-order valence-corrected chi connectivity index (χ2v) is 15.2. The fourth-order valence-electron chi connectivity index (χ4n) is 6.93. The van der Waals surface area contributed by atoms with Gasteiger partial charge in [-0.05, 0) is 75.1 Å². The van der Waals surface area contributed by atoms with Gasteiger partial charge in [0.05, 0.1) is 37.0 Å². The summed E-state index contributed by atoms with van der Waals surface area (Å²) < 4.78 is 44.6. The van der Waals surface area contributed by atoms with Crippen LogP contribution >= 0.6 is 0 Å². The van der Waals surface area contributed by atoms with Gasteiger partial charge in [0.15, 0.2) is 0 Å². The van der Waals surface area contributed by atoms with Crippen molar-refractivity contribution in [2.24, 2.45) is 17.8 Å². The van der Waals surface area contributed by atoms with Crippen LogP contribution in [0, 0.1) is 17.8 Å². The van der Waals surface area contributed by atoms with Crippen molar-refractivity contribution in [3.8, 4) is 28.9 Å². The number of aromatic nitrogens is 2. The topological polar surface area (TPSA) is 166 Å². The summed E-state index contributed by atoms with van der Waals surface area (Å²) in [6.45, 7) is 0.582. The smallest absolute Gasteiger partial charge is 0.320 e. The highest BCUT2D eigenvalue weighted by Gasteiger charge is 2.62. The molecule has 4 fully saturated rings. The first kappa shape index (κ1) is 33.0. The maximum atomic E-state index is 14.0. The largest absolute Gasteiger partial charge is 0.497 e. The third-order valence-electron chi connectivity index (χ3n) is 9.94. The summed E-state index contributed by atoms with van der Waals surface area (Å²) in [5.41, 5.74) is 0.0430. The van der Waals surface area contributed by atoms with E-state index in [0.29, 0.717) is 43.7 Å². The summed E-state index contributed by atoms with van der Waals surface area (Å²) in [7, 11) is 1.01. The highest BCUT2D eigenvalue weighted by molar-refractivity contribution is 7.91. The average Bonchev–Trinajstić information content (AvgIpc) is 3.99. The van der Waals surface area contributed by atoms with E-state index in [0.717, 1.165) is 31.2 Å². The Kier molecular flexibility index (Phi) is 9.32. The molecule has 0 spiro atoms. The quantitative estimate of drug-likeness (QED) is 0.427. The third-order valence-corrected chi connectivity index (χ3v) is 11.8. The number of benzene rings is 1. The van der Waals surface area contributed by atoms with Crippen molar-refractivity contribution in [3.63, 3.8) is 0 Å². The van der Waals surface area contributed by atoms with Crippen LogP contribution in [0.3, 0.4) is 0 Å². The molecular formula is C33H43N5O8S. The number of rotatable bonds is 8. The van der Waals surface area contributed by atoms with Crippen LogP contribution in [-0.2, 0) is 24.4 Å². The summed E-state index contributed by atoms with van der Waals surface area (Å²) in [5, 5.41) is 2.39. The maximum absolute atomic E-state index is 14.0. The average molecular weight is 670 g/mol. The zero-order chi connectivity index (χ0) is 33.3. The standard InChI is InChI=1S/C33H43N5O8S/c1-38-15-7-5-4-6-8-21-19-33(21,31(41)37-47(42,43)24-13-14-24)36-29(39)25-16-23(17-26(25)30(38)40)46-28-18-27(34-32(35-28)45-3)20-9-11-22(44-2)12-10-20/h9-12,18,21,23-26H,4-8,13-17,19H2,1-3H3,(H,36,39)(H,37,41)/t21-,23-,25-,26-,33-/m1/s1. The number of carbonyl (C=O) groups is 3. The molecule has 1 saturated heterocycles. The lowest BCUT2D eigenvalue weighted by atomic mass is 9.92. The lowest BCUT2D eigenvalue weighted by Gasteiger charge is -2.27. The van der Waals surface area contributed by atoms with Crippen molar-refractivity contribution in [2.75, 3.05) is 27.8 Å². The van der Waals surface area contributed by atoms with Crippen LogP contribution in [-0.4, -0.2) is 85.7 Å². The van der Waals surface area contributed by atoms with Gasteiger partial charge in [0.25, 0.3) is 5.91 Å². The van der Waals surface area contributed by atoms with Gasteiger partial charge in [-0.3, -0.25) is 19.1 Å². The predicted octanol–water partition coefficient (Wildman–Crippen LogP) is 2.84. The zero-order valence-corrected chi connectivity index (χ0v) is 27.9. The fraction of sp³-hybridized carbons (Fsp3) is 0.606. The van der Waals surface area contributed by atoms with Gasteiger partial charge >= 0.3 is 6.01 Å². The van der Waals surface area contributed by atoms with E-state index < -0.39 is 50.6 Å². The van der Waals surface area contributed by atoms with Crippen molar-refractivity contribution >= 4 is 27.7 Å². The number of ether oxygens (including phenoxy) is 3. The van der Waals surface area contributed by atoms with E-state index >= 15 is 0 Å². The number of amides is 3. The Balaban J connectivity index is 1.24. The molecule has 0 unspecified atom stereocenters. The highest BCUT2D eigenvalue weighted by atomic mass is 32.2. The molecule has 13 nitrogen and oxygen atoms in total. The molecular weight excluding hydrogens is 626 g/mol. The van der Waals surface area contributed by atoms with Gasteiger partial charge in [0, 0.05) is 25.2 Å². The van der Waals surface area contributed by atoms with Crippen LogP contribution < -0.4 is 24.2 Å². The van der Waals surface area contributed by atoms with Crippen LogP contribution in [0.2, 0.25) is 0 Å². The summed E-state index contributed by atoms with van der Waals surface area (Å²) >= 11 is 0. The summed E-state index contributed by atoms with van der Waals surface area (Å²) in [6.07, 6.45) is 5.59. The number of nitrogens with one attached hydrogen (secondary N) is 2. The minimum atomic E-state index is -3.80. The molecule has 254 valence electrons. The molecule has 2 heterocycles. The molecule has 3 saturated carbocycles. The second-order valence-electron chi connectivity index (χ2n) is 13.2. The first-order chi connectivity index (χ1) is 22.5. The Hall–Kier alpha value is -3.94. The first-order valence-electron chi connectivity index (χ1n) is 16.4. The predicted molar refractivity (Wildman–Crippen MR) is 171 cm³/mol. The Bertz CT molecular complexity index is 1620. The normalized spacial score (nSPS) is 28.3. The van der Waals surface area contributed by atoms with Crippen molar-refractivity contribution in [1.82, 2.24) is 24.9 Å². The van der Waals surface area contributed by atoms with E-state index in [2.05, 4.69) is 20.0 Å². The van der Waals surface area contributed by atoms with Gasteiger partial charge in [0.2, 0.25) is 27.7 Å². The molecule has 4 aliphatic rings. The van der Waals surface area contributed by atoms with Crippen LogP contribution in [0.4, 0.5) is 0 Å². The Morgan fingerprint density at radius 2 is 1.70 bits per heavy atom. The molecule has 14 heteroatoms. The Morgan fingerprint density at radius 3 is 2.40 bits per heavy atom. The van der Waals surface area contributed by atoms with Crippen LogP contribution in [0.1, 0.15) is 64.2 Å². The summed E-state index contributed by atoms with van der Waals surface area (Å²) in [6, 6.07) is 9.13. The van der Waals surface area contributed by atoms with E-state index in [9.17, 15) is 22.8 Å². The van der Waals surface area contributed by atoms with Gasteiger partial charge < -0.3 is 24.4 Å². The number of hydrogen-bond donors (Lipinski definition) is 2. The Morgan fingerprint density at radius 1 is 0.979 bits per heavy atom. The molecule has 6 rings (SSSR count). The monoisotopic (exact) mass is 669 g/mol. The lowest BCUT2D eigenvalue weighted by Crippen LogP contribution is -2.54. The van der Waals surface area contributed by atoms with Gasteiger partial charge in [-0.25, -0.2) is 8.42 Å². The van der Waals surface area contributed by atoms with E-state index in [1.807, 2.05) is 24.3 Å². The van der Waals surface area contributed by atoms with Crippen molar-refractivity contribution < 1.29 is 37.0 Å². The van der Waals surface area contributed by atoms with Gasteiger partial charge in [-0.15, -0.1) is 0 Å². The van der Waals surface area contributed by atoms with Gasteiger partial charge in [-0.2, -0.15) is 9.97 Å². The fourth-order valence-corrected chi connectivity index (χ4v) is 8.30. The van der Waals surface area contributed by atoms with Crippen LogP contribution in [0.5, 0.6) is 17.6 Å². The van der Waals surface area contributed by atoms with E-state index in [-0.39, 0.29) is 36.6 Å². The SMILES string of the molecule is COc1ccc(-c2cc(O[C@@H]3C[C@H]4C(=O)N[C@]5(C(=O)NS(=O)(=O)C6CC6)C[C@H]5CCCCCCN(C)C(=O)[C@@H]4C3)nc(OC)n2)cc1. The number of sulfonamides is 1. The Labute approximate surface area is 275 Å².